The van der Waals surface area contributed by atoms with E-state index in [-0.39, 0.29) is 35.7 Å². The molecule has 3 atom stereocenters. The Bertz CT molecular complexity index is 1010. The van der Waals surface area contributed by atoms with Crippen molar-refractivity contribution in [3.63, 3.8) is 0 Å². The summed E-state index contributed by atoms with van der Waals surface area (Å²) >= 11 is 0. The number of carbonyl (C=O) groups is 3. The zero-order valence-electron chi connectivity index (χ0n) is 19.5. The van der Waals surface area contributed by atoms with Gasteiger partial charge in [-0.3, -0.25) is 14.4 Å². The summed E-state index contributed by atoms with van der Waals surface area (Å²) in [6.45, 7) is 1.10. The summed E-state index contributed by atoms with van der Waals surface area (Å²) in [7, 11) is 0. The lowest BCUT2D eigenvalue weighted by atomic mass is 9.88. The lowest BCUT2D eigenvalue weighted by Gasteiger charge is -2.36. The second-order valence-corrected chi connectivity index (χ2v) is 9.21. The first-order chi connectivity index (χ1) is 16.6. The van der Waals surface area contributed by atoms with Crippen LogP contribution in [0.1, 0.15) is 54.4 Å². The third-order valence-electron chi connectivity index (χ3n) is 6.77. The number of carbonyl (C=O) groups excluding carboxylic acids is 3. The van der Waals surface area contributed by atoms with Crippen molar-refractivity contribution >= 4 is 23.8 Å². The summed E-state index contributed by atoms with van der Waals surface area (Å²) < 4.78 is 0. The molecule has 0 spiro atoms. The Morgan fingerprint density at radius 2 is 1.44 bits per heavy atom. The van der Waals surface area contributed by atoms with Crippen molar-refractivity contribution in [1.82, 2.24) is 15.5 Å². The number of nitrogens with one attached hydrogen (secondary N) is 2. The van der Waals surface area contributed by atoms with Gasteiger partial charge in [-0.05, 0) is 49.5 Å². The van der Waals surface area contributed by atoms with Crippen LogP contribution in [-0.4, -0.2) is 47.8 Å². The quantitative estimate of drug-likeness (QED) is 0.645. The van der Waals surface area contributed by atoms with Crippen LogP contribution in [-0.2, 0) is 9.59 Å². The van der Waals surface area contributed by atoms with Crippen LogP contribution in [0.15, 0.2) is 66.7 Å². The lowest BCUT2D eigenvalue weighted by Crippen LogP contribution is -2.55. The van der Waals surface area contributed by atoms with Crippen LogP contribution in [0.3, 0.4) is 0 Å². The van der Waals surface area contributed by atoms with Crippen LogP contribution in [0.25, 0.3) is 6.08 Å². The molecule has 6 nitrogen and oxygen atoms in total. The van der Waals surface area contributed by atoms with E-state index in [0.717, 1.165) is 44.1 Å². The molecule has 1 heterocycles. The summed E-state index contributed by atoms with van der Waals surface area (Å²) in [6, 6.07) is 18.7. The van der Waals surface area contributed by atoms with Crippen molar-refractivity contribution in [2.45, 2.75) is 50.6 Å². The Morgan fingerprint density at radius 1 is 0.794 bits per heavy atom. The monoisotopic (exact) mass is 459 g/mol. The molecular formula is C28H33N3O3. The number of hydrogen-bond acceptors (Lipinski definition) is 3. The fourth-order valence-corrected chi connectivity index (χ4v) is 4.85. The third kappa shape index (κ3) is 6.34. The second-order valence-electron chi connectivity index (χ2n) is 9.21. The summed E-state index contributed by atoms with van der Waals surface area (Å²) in [6.07, 6.45) is 8.74. The van der Waals surface area contributed by atoms with Gasteiger partial charge in [0.2, 0.25) is 11.8 Å². The number of piperidine rings is 1. The number of likely N-dealkylation sites (tertiary alicyclic amines) is 1. The average Bonchev–Trinajstić information content (AvgIpc) is 2.89. The van der Waals surface area contributed by atoms with Crippen LogP contribution < -0.4 is 10.6 Å². The van der Waals surface area contributed by atoms with Crippen molar-refractivity contribution < 1.29 is 14.4 Å². The Kier molecular flexibility index (Phi) is 8.12. The zero-order valence-corrected chi connectivity index (χ0v) is 19.5. The van der Waals surface area contributed by atoms with Crippen LogP contribution in [0.2, 0.25) is 0 Å². The van der Waals surface area contributed by atoms with Gasteiger partial charge in [-0.15, -0.1) is 0 Å². The lowest BCUT2D eigenvalue weighted by molar-refractivity contribution is -0.132. The Hall–Kier alpha value is -3.41. The van der Waals surface area contributed by atoms with E-state index >= 15 is 0 Å². The van der Waals surface area contributed by atoms with Crippen LogP contribution in [0.5, 0.6) is 0 Å². The summed E-state index contributed by atoms with van der Waals surface area (Å²) in [5.41, 5.74) is 1.60. The molecule has 0 bridgehead atoms. The first kappa shape index (κ1) is 23.7. The number of amides is 3. The molecule has 4 rings (SSSR count). The van der Waals surface area contributed by atoms with Gasteiger partial charge in [0, 0.05) is 36.8 Å². The minimum atomic E-state index is -0.227. The molecule has 0 aromatic heterocycles. The van der Waals surface area contributed by atoms with Crippen molar-refractivity contribution in [3.05, 3.63) is 77.9 Å². The Labute approximate surface area is 201 Å². The molecule has 1 saturated heterocycles. The molecule has 2 N–H and O–H groups in total. The molecule has 0 radical (unpaired) electrons. The van der Waals surface area contributed by atoms with Gasteiger partial charge in [-0.1, -0.05) is 61.4 Å². The molecule has 6 heteroatoms. The van der Waals surface area contributed by atoms with Crippen molar-refractivity contribution in [2.75, 3.05) is 13.1 Å². The zero-order chi connectivity index (χ0) is 23.8. The molecule has 2 aliphatic rings. The number of rotatable bonds is 6. The highest BCUT2D eigenvalue weighted by atomic mass is 16.2. The van der Waals surface area contributed by atoms with Gasteiger partial charge in [-0.2, -0.15) is 0 Å². The maximum Gasteiger partial charge on any atom is 0.251 e. The number of nitrogens with zero attached hydrogens (tertiary/aromatic N) is 1. The number of benzene rings is 2. The van der Waals surface area contributed by atoms with E-state index in [0.29, 0.717) is 18.7 Å². The van der Waals surface area contributed by atoms with Gasteiger partial charge >= 0.3 is 0 Å². The predicted octanol–water partition coefficient (Wildman–Crippen LogP) is 3.80. The maximum absolute atomic E-state index is 13.1. The highest BCUT2D eigenvalue weighted by molar-refractivity contribution is 5.94. The Morgan fingerprint density at radius 3 is 2.15 bits per heavy atom. The van der Waals surface area contributed by atoms with Crippen LogP contribution in [0.4, 0.5) is 0 Å². The minimum absolute atomic E-state index is 0.0181. The van der Waals surface area contributed by atoms with Gasteiger partial charge in [0.15, 0.2) is 0 Å². The molecule has 2 aromatic carbocycles. The van der Waals surface area contributed by atoms with Gasteiger partial charge in [0.1, 0.15) is 0 Å². The molecule has 2 aromatic rings. The smallest absolute Gasteiger partial charge is 0.251 e. The average molecular weight is 460 g/mol. The van der Waals surface area contributed by atoms with E-state index in [2.05, 4.69) is 10.6 Å². The van der Waals surface area contributed by atoms with Crippen molar-refractivity contribution in [2.24, 2.45) is 5.92 Å². The SMILES string of the molecule is O=C(N[C@@H]1CCCC[C@H]1NC(=O)C1CCCN(C(=O)/C=C/c2ccccc2)C1)c1ccccc1. The molecule has 1 saturated carbocycles. The maximum atomic E-state index is 13.1. The molecule has 34 heavy (non-hydrogen) atoms. The molecular weight excluding hydrogens is 426 g/mol. The van der Waals surface area contributed by atoms with Gasteiger partial charge in [0.05, 0.1) is 5.92 Å². The van der Waals surface area contributed by atoms with Crippen LogP contribution in [0, 0.1) is 5.92 Å². The van der Waals surface area contributed by atoms with E-state index in [1.54, 1.807) is 23.1 Å². The largest absolute Gasteiger partial charge is 0.351 e. The fraction of sp³-hybridized carbons (Fsp3) is 0.393. The second kappa shape index (κ2) is 11.6. The molecule has 1 unspecified atom stereocenters. The highest BCUT2D eigenvalue weighted by Crippen LogP contribution is 2.22. The molecule has 178 valence electrons. The van der Waals surface area contributed by atoms with E-state index in [9.17, 15) is 14.4 Å². The predicted molar refractivity (Wildman–Crippen MR) is 133 cm³/mol. The van der Waals surface area contributed by atoms with E-state index in [4.69, 9.17) is 0 Å². The highest BCUT2D eigenvalue weighted by Gasteiger charge is 2.32. The summed E-state index contributed by atoms with van der Waals surface area (Å²) in [5.74, 6) is -0.413. The fourth-order valence-electron chi connectivity index (χ4n) is 4.85. The Balaban J connectivity index is 1.32. The standard InChI is InChI=1S/C28H33N3O3/c32-26(18-17-21-10-3-1-4-11-21)31-19-9-14-23(20-31)28(34)30-25-16-8-7-15-24(25)29-27(33)22-12-5-2-6-13-22/h1-6,10-13,17-18,23-25H,7-9,14-16,19-20H2,(H,29,33)(H,30,34)/b18-17+/t23?,24-,25-/m1/s1. The van der Waals surface area contributed by atoms with Crippen molar-refractivity contribution in [3.8, 4) is 0 Å². The first-order valence-electron chi connectivity index (χ1n) is 12.3. The first-order valence-corrected chi connectivity index (χ1v) is 12.3. The molecule has 3 amide bonds. The van der Waals surface area contributed by atoms with E-state index in [1.807, 2.05) is 54.6 Å². The van der Waals surface area contributed by atoms with Gasteiger partial charge in [-0.25, -0.2) is 0 Å². The summed E-state index contributed by atoms with van der Waals surface area (Å²) in [5, 5.41) is 6.33. The number of hydrogen-bond donors (Lipinski definition) is 2. The van der Waals surface area contributed by atoms with E-state index in [1.165, 1.54) is 0 Å². The summed E-state index contributed by atoms with van der Waals surface area (Å²) in [4.78, 5) is 40.3. The third-order valence-corrected chi connectivity index (χ3v) is 6.77. The van der Waals surface area contributed by atoms with Crippen LogP contribution >= 0.6 is 0 Å². The normalized spacial score (nSPS) is 22.8. The van der Waals surface area contributed by atoms with Gasteiger partial charge < -0.3 is 15.5 Å². The molecule has 1 aliphatic heterocycles. The van der Waals surface area contributed by atoms with Gasteiger partial charge in [0.25, 0.3) is 5.91 Å². The molecule has 1 aliphatic carbocycles. The van der Waals surface area contributed by atoms with E-state index < -0.39 is 0 Å². The topological polar surface area (TPSA) is 78.5 Å². The molecule has 2 fully saturated rings. The van der Waals surface area contributed by atoms with Crippen molar-refractivity contribution in [1.29, 1.82) is 0 Å². The minimum Gasteiger partial charge on any atom is -0.351 e.